The van der Waals surface area contributed by atoms with Gasteiger partial charge < -0.3 is 9.47 Å². The van der Waals surface area contributed by atoms with E-state index in [0.717, 1.165) is 6.42 Å². The van der Waals surface area contributed by atoms with Gasteiger partial charge in [-0.15, -0.1) is 0 Å². The smallest absolute Gasteiger partial charge is 0.335 e. The zero-order valence-electron chi connectivity index (χ0n) is 13.0. The van der Waals surface area contributed by atoms with Crippen LogP contribution in [0.1, 0.15) is 23.6 Å². The first kappa shape index (κ1) is 15.8. The minimum Gasteiger partial charge on any atom is -0.457 e. The van der Waals surface area contributed by atoms with Gasteiger partial charge in [-0.05, 0) is 43.5 Å². The van der Waals surface area contributed by atoms with Gasteiger partial charge in [-0.1, -0.05) is 48.5 Å². The summed E-state index contributed by atoms with van der Waals surface area (Å²) in [5.41, 5.74) is 4.10. The quantitative estimate of drug-likeness (QED) is 0.458. The Kier molecular flexibility index (Phi) is 5.37. The number of esters is 1. The van der Waals surface area contributed by atoms with Crippen LogP contribution >= 0.6 is 0 Å². The lowest BCUT2D eigenvalue weighted by Gasteiger charge is -2.08. The van der Waals surface area contributed by atoms with E-state index in [0.29, 0.717) is 11.3 Å². The summed E-state index contributed by atoms with van der Waals surface area (Å²) in [5.74, 6) is 0.221. The summed E-state index contributed by atoms with van der Waals surface area (Å²) in [6.07, 6.45) is 0.880. The molecule has 0 aliphatic heterocycles. The maximum Gasteiger partial charge on any atom is 0.335 e. The molecule has 0 radical (unpaired) electrons. The summed E-state index contributed by atoms with van der Waals surface area (Å²) in [4.78, 5) is 11.2. The molecule has 2 rings (SSSR count). The van der Waals surface area contributed by atoms with Crippen molar-refractivity contribution in [3.63, 3.8) is 0 Å². The van der Waals surface area contributed by atoms with Crippen molar-refractivity contribution in [1.82, 2.24) is 0 Å². The van der Waals surface area contributed by atoms with Crippen LogP contribution in [0.25, 0.3) is 0 Å². The van der Waals surface area contributed by atoms with Gasteiger partial charge in [-0.3, -0.25) is 0 Å². The second kappa shape index (κ2) is 7.46. The number of rotatable bonds is 6. The van der Waals surface area contributed by atoms with Crippen LogP contribution in [0.4, 0.5) is 0 Å². The van der Waals surface area contributed by atoms with Gasteiger partial charge in [0.15, 0.2) is 0 Å². The van der Waals surface area contributed by atoms with E-state index in [1.54, 1.807) is 6.92 Å². The lowest BCUT2D eigenvalue weighted by atomic mass is 10.0. The van der Waals surface area contributed by atoms with Crippen molar-refractivity contribution < 1.29 is 14.3 Å². The van der Waals surface area contributed by atoms with Crippen LogP contribution in [-0.2, 0) is 16.0 Å². The van der Waals surface area contributed by atoms with Gasteiger partial charge in [0.25, 0.3) is 0 Å². The number of hydrogen-bond acceptors (Lipinski definition) is 3. The van der Waals surface area contributed by atoms with Crippen molar-refractivity contribution in [2.45, 2.75) is 20.3 Å². The molecule has 0 unspecified atom stereocenters. The number of hydrogen-bond donors (Lipinski definition) is 0. The second-order valence-electron chi connectivity index (χ2n) is 5.28. The van der Waals surface area contributed by atoms with E-state index < -0.39 is 5.97 Å². The summed E-state index contributed by atoms with van der Waals surface area (Å²) in [6.45, 7) is 7.08. The van der Waals surface area contributed by atoms with Crippen LogP contribution in [0.2, 0.25) is 0 Å². The van der Waals surface area contributed by atoms with E-state index in [1.807, 2.05) is 24.3 Å². The molecule has 0 N–H and O–H groups in total. The molecular formula is C19H20O3. The molecule has 0 amide bonds. The van der Waals surface area contributed by atoms with Crippen molar-refractivity contribution in [3.8, 4) is 5.75 Å². The highest BCUT2D eigenvalue weighted by Gasteiger charge is 2.03. The molecule has 0 aromatic heterocycles. The Bertz CT molecular complexity index is 639. The van der Waals surface area contributed by atoms with Crippen LogP contribution in [0.15, 0.2) is 60.7 Å². The number of ether oxygens (including phenoxy) is 2. The minimum absolute atomic E-state index is 0.108. The minimum atomic E-state index is -0.448. The second-order valence-corrected chi connectivity index (χ2v) is 5.28. The molecule has 0 heterocycles. The molecule has 0 aliphatic rings. The average molecular weight is 296 g/mol. The fraction of sp³-hybridized carbons (Fsp3) is 0.211. The topological polar surface area (TPSA) is 35.5 Å². The predicted octanol–water partition coefficient (Wildman–Crippen LogP) is 4.04. The fourth-order valence-corrected chi connectivity index (χ4v) is 1.92. The van der Waals surface area contributed by atoms with E-state index in [9.17, 15) is 4.79 Å². The van der Waals surface area contributed by atoms with E-state index in [-0.39, 0.29) is 6.79 Å². The molecular weight excluding hydrogens is 276 g/mol. The first-order valence-corrected chi connectivity index (χ1v) is 7.14. The van der Waals surface area contributed by atoms with Gasteiger partial charge in [-0.2, -0.15) is 0 Å². The summed E-state index contributed by atoms with van der Waals surface area (Å²) in [7, 11) is 0. The Morgan fingerprint density at radius 3 is 2.09 bits per heavy atom. The Morgan fingerprint density at radius 2 is 1.55 bits per heavy atom. The molecule has 0 saturated carbocycles. The summed E-state index contributed by atoms with van der Waals surface area (Å²) in [5, 5.41) is 0. The average Bonchev–Trinajstić information content (AvgIpc) is 2.51. The molecule has 2 aromatic carbocycles. The molecule has 3 heteroatoms. The first-order chi connectivity index (χ1) is 10.5. The zero-order chi connectivity index (χ0) is 15.9. The maximum absolute atomic E-state index is 11.2. The van der Waals surface area contributed by atoms with Crippen LogP contribution in [-0.4, -0.2) is 12.8 Å². The highest BCUT2D eigenvalue weighted by atomic mass is 16.7. The lowest BCUT2D eigenvalue weighted by Crippen LogP contribution is -2.10. The Hall–Kier alpha value is -2.55. The van der Waals surface area contributed by atoms with Gasteiger partial charge in [0.1, 0.15) is 5.75 Å². The monoisotopic (exact) mass is 296 g/mol. The predicted molar refractivity (Wildman–Crippen MR) is 86.8 cm³/mol. The van der Waals surface area contributed by atoms with Gasteiger partial charge >= 0.3 is 5.97 Å². The molecule has 0 fully saturated rings. The van der Waals surface area contributed by atoms with Crippen LogP contribution in [0.3, 0.4) is 0 Å². The fourth-order valence-electron chi connectivity index (χ4n) is 1.92. The number of carbonyl (C=O) groups is 1. The van der Waals surface area contributed by atoms with Gasteiger partial charge in [0.2, 0.25) is 6.79 Å². The van der Waals surface area contributed by atoms with E-state index >= 15 is 0 Å². The number of benzene rings is 2. The Balaban J connectivity index is 1.86. The molecule has 22 heavy (non-hydrogen) atoms. The molecule has 0 aliphatic carbocycles. The highest BCUT2D eigenvalue weighted by molar-refractivity contribution is 5.86. The van der Waals surface area contributed by atoms with E-state index in [1.165, 1.54) is 16.7 Å². The summed E-state index contributed by atoms with van der Waals surface area (Å²) >= 11 is 0. The SMILES string of the molecule is C=C(C)C(=O)OCOc1ccc(Cc2ccc(C)cc2)cc1. The maximum atomic E-state index is 11.2. The van der Waals surface area contributed by atoms with Crippen LogP contribution in [0, 0.1) is 6.92 Å². The standard InChI is InChI=1S/C19H20O3/c1-14(2)19(20)22-13-21-18-10-8-17(9-11-18)12-16-6-4-15(3)5-7-16/h4-11H,1,12-13H2,2-3H3. The van der Waals surface area contributed by atoms with Crippen molar-refractivity contribution in [3.05, 3.63) is 77.4 Å². The molecule has 0 atom stereocenters. The summed E-state index contributed by atoms with van der Waals surface area (Å²) in [6, 6.07) is 16.3. The number of carbonyl (C=O) groups excluding carboxylic acids is 1. The zero-order valence-corrected chi connectivity index (χ0v) is 13.0. The van der Waals surface area contributed by atoms with Gasteiger partial charge in [-0.25, -0.2) is 4.79 Å². The third kappa shape index (κ3) is 4.77. The number of aryl methyl sites for hydroxylation is 1. The molecule has 114 valence electrons. The van der Waals surface area contributed by atoms with Crippen molar-refractivity contribution in [2.75, 3.05) is 6.79 Å². The van der Waals surface area contributed by atoms with Crippen molar-refractivity contribution in [1.29, 1.82) is 0 Å². The normalized spacial score (nSPS) is 10.1. The van der Waals surface area contributed by atoms with Crippen molar-refractivity contribution >= 4 is 5.97 Å². The third-order valence-corrected chi connectivity index (χ3v) is 3.22. The molecule has 3 nitrogen and oxygen atoms in total. The summed E-state index contributed by atoms with van der Waals surface area (Å²) < 4.78 is 10.2. The molecule has 2 aromatic rings. The van der Waals surface area contributed by atoms with Gasteiger partial charge in [0.05, 0.1) is 0 Å². The first-order valence-electron chi connectivity index (χ1n) is 7.14. The van der Waals surface area contributed by atoms with Crippen LogP contribution in [0.5, 0.6) is 5.75 Å². The molecule has 0 spiro atoms. The Labute approximate surface area is 131 Å². The third-order valence-electron chi connectivity index (χ3n) is 3.22. The lowest BCUT2D eigenvalue weighted by molar-refractivity contribution is -0.145. The largest absolute Gasteiger partial charge is 0.457 e. The Morgan fingerprint density at radius 1 is 1.00 bits per heavy atom. The molecule has 0 bridgehead atoms. The van der Waals surface area contributed by atoms with Gasteiger partial charge in [0, 0.05) is 5.57 Å². The molecule has 0 saturated heterocycles. The van der Waals surface area contributed by atoms with Crippen molar-refractivity contribution in [2.24, 2.45) is 0 Å². The van der Waals surface area contributed by atoms with E-state index in [4.69, 9.17) is 9.47 Å². The van der Waals surface area contributed by atoms with Crippen LogP contribution < -0.4 is 4.74 Å². The van der Waals surface area contributed by atoms with E-state index in [2.05, 4.69) is 37.8 Å². The highest BCUT2D eigenvalue weighted by Crippen LogP contribution is 2.16.